The number of phenols is 1. The Bertz CT molecular complexity index is 948. The maximum Gasteiger partial charge on any atom is 0.146 e. The second kappa shape index (κ2) is 7.14. The molecule has 0 unspecified atom stereocenters. The lowest BCUT2D eigenvalue weighted by Gasteiger charge is -2.23. The molecule has 0 amide bonds. The number of fused-ring (bicyclic) bond motifs is 1. The Hall–Kier alpha value is -2.69. The van der Waals surface area contributed by atoms with E-state index < -0.39 is 0 Å². The summed E-state index contributed by atoms with van der Waals surface area (Å²) >= 11 is 0. The zero-order chi connectivity index (χ0) is 19.8. The van der Waals surface area contributed by atoms with Gasteiger partial charge in [-0.2, -0.15) is 0 Å². The fraction of sp³-hybridized carbons (Fsp3) is 0.409. The first-order valence-corrected chi connectivity index (χ1v) is 9.38. The van der Waals surface area contributed by atoms with Crippen molar-refractivity contribution >= 4 is 16.8 Å². The molecule has 0 aliphatic heterocycles. The van der Waals surface area contributed by atoms with Crippen molar-refractivity contribution in [2.45, 2.75) is 52.9 Å². The van der Waals surface area contributed by atoms with Gasteiger partial charge in [-0.1, -0.05) is 52.8 Å². The van der Waals surface area contributed by atoms with Crippen molar-refractivity contribution in [3.63, 3.8) is 0 Å². The van der Waals surface area contributed by atoms with Crippen molar-refractivity contribution in [2.75, 3.05) is 0 Å². The predicted octanol–water partition coefficient (Wildman–Crippen LogP) is 4.58. The lowest BCUT2D eigenvalue weighted by molar-refractivity contribution is -0.121. The van der Waals surface area contributed by atoms with Gasteiger partial charge in [0.05, 0.1) is 0 Å². The zero-order valence-electron chi connectivity index (χ0n) is 16.7. The van der Waals surface area contributed by atoms with Crippen LogP contribution in [0.1, 0.15) is 52.2 Å². The molecule has 2 aromatic carbocycles. The van der Waals surface area contributed by atoms with Crippen molar-refractivity contribution < 1.29 is 9.90 Å². The molecule has 0 bridgehead atoms. The Morgan fingerprint density at radius 2 is 1.70 bits per heavy atom. The number of carbonyl (C=O) groups excluding carboxylic acids is 1. The second-order valence-electron chi connectivity index (χ2n) is 8.36. The van der Waals surface area contributed by atoms with E-state index in [-0.39, 0.29) is 22.9 Å². The molecule has 0 saturated carbocycles. The van der Waals surface area contributed by atoms with Crippen LogP contribution in [0.3, 0.4) is 0 Å². The smallest absolute Gasteiger partial charge is 0.146 e. The van der Waals surface area contributed by atoms with Crippen molar-refractivity contribution in [2.24, 2.45) is 5.92 Å². The van der Waals surface area contributed by atoms with Gasteiger partial charge in [0.15, 0.2) is 0 Å². The van der Waals surface area contributed by atoms with Crippen molar-refractivity contribution in [3.05, 3.63) is 47.5 Å². The first-order valence-electron chi connectivity index (χ1n) is 9.38. The molecule has 3 aromatic rings. The molecule has 1 heterocycles. The predicted molar refractivity (Wildman–Crippen MR) is 107 cm³/mol. The van der Waals surface area contributed by atoms with E-state index in [1.807, 2.05) is 50.2 Å². The molecule has 3 rings (SSSR count). The molecule has 0 fully saturated rings. The monoisotopic (exact) mass is 365 g/mol. The summed E-state index contributed by atoms with van der Waals surface area (Å²) in [5, 5.41) is 19.9. The lowest BCUT2D eigenvalue weighted by atomic mass is 9.84. The SMILES string of the molecule is CC(C)C(=O)CCc1cc(-n2nc3ccccc3n2)c(O)c(C(C)(C)C)c1. The number of Topliss-reactive ketones (excluding diaryl/α,β-unsaturated/α-hetero) is 1. The molecule has 1 N–H and O–H groups in total. The van der Waals surface area contributed by atoms with Crippen LogP contribution in [0.25, 0.3) is 16.7 Å². The maximum absolute atomic E-state index is 12.1. The van der Waals surface area contributed by atoms with Crippen LogP contribution >= 0.6 is 0 Å². The first kappa shape index (κ1) is 19.1. The van der Waals surface area contributed by atoms with E-state index in [4.69, 9.17) is 0 Å². The molecule has 0 atom stereocenters. The van der Waals surface area contributed by atoms with Gasteiger partial charge in [0.25, 0.3) is 0 Å². The fourth-order valence-electron chi connectivity index (χ4n) is 3.07. The summed E-state index contributed by atoms with van der Waals surface area (Å²) in [6.07, 6.45) is 1.12. The Labute approximate surface area is 160 Å². The van der Waals surface area contributed by atoms with E-state index in [0.29, 0.717) is 18.5 Å². The Morgan fingerprint density at radius 3 is 2.22 bits per heavy atom. The number of aryl methyl sites for hydroxylation is 1. The largest absolute Gasteiger partial charge is 0.505 e. The zero-order valence-corrected chi connectivity index (χ0v) is 16.7. The topological polar surface area (TPSA) is 68.0 Å². The minimum absolute atomic E-state index is 0.0294. The minimum Gasteiger partial charge on any atom is -0.505 e. The number of carbonyl (C=O) groups is 1. The highest BCUT2D eigenvalue weighted by atomic mass is 16.3. The van der Waals surface area contributed by atoms with E-state index in [1.54, 1.807) is 0 Å². The van der Waals surface area contributed by atoms with Crippen molar-refractivity contribution in [1.82, 2.24) is 15.0 Å². The highest BCUT2D eigenvalue weighted by molar-refractivity contribution is 5.80. The summed E-state index contributed by atoms with van der Waals surface area (Å²) in [7, 11) is 0. The van der Waals surface area contributed by atoms with Crippen LogP contribution in [0.15, 0.2) is 36.4 Å². The fourth-order valence-corrected chi connectivity index (χ4v) is 3.07. The van der Waals surface area contributed by atoms with E-state index in [0.717, 1.165) is 22.2 Å². The van der Waals surface area contributed by atoms with E-state index in [2.05, 4.69) is 31.0 Å². The van der Waals surface area contributed by atoms with Crippen molar-refractivity contribution in [1.29, 1.82) is 0 Å². The van der Waals surface area contributed by atoms with Gasteiger partial charge in [-0.3, -0.25) is 4.79 Å². The number of benzene rings is 2. The summed E-state index contributed by atoms with van der Waals surface area (Å²) in [4.78, 5) is 13.5. The van der Waals surface area contributed by atoms with E-state index >= 15 is 0 Å². The Balaban J connectivity index is 2.08. The average molecular weight is 365 g/mol. The highest BCUT2D eigenvalue weighted by Gasteiger charge is 2.23. The Morgan fingerprint density at radius 1 is 1.11 bits per heavy atom. The second-order valence-corrected chi connectivity index (χ2v) is 8.36. The van der Waals surface area contributed by atoms with Crippen molar-refractivity contribution in [3.8, 4) is 11.4 Å². The van der Waals surface area contributed by atoms with E-state index in [1.165, 1.54) is 4.80 Å². The van der Waals surface area contributed by atoms with Crippen LogP contribution in [-0.2, 0) is 16.6 Å². The summed E-state index contributed by atoms with van der Waals surface area (Å²) in [5.41, 5.74) is 3.68. The summed E-state index contributed by atoms with van der Waals surface area (Å²) < 4.78 is 0. The first-order chi connectivity index (χ1) is 12.7. The van der Waals surface area contributed by atoms with Crippen LogP contribution in [-0.4, -0.2) is 25.9 Å². The summed E-state index contributed by atoms with van der Waals surface area (Å²) in [5.74, 6) is 0.452. The molecule has 5 heteroatoms. The molecule has 142 valence electrons. The number of phenolic OH excluding ortho intramolecular Hbond substituents is 1. The number of hydrogen-bond donors (Lipinski definition) is 1. The molecule has 5 nitrogen and oxygen atoms in total. The number of hydrogen-bond acceptors (Lipinski definition) is 4. The minimum atomic E-state index is -0.247. The van der Waals surface area contributed by atoms with Gasteiger partial charge in [-0.25, -0.2) is 0 Å². The number of rotatable bonds is 5. The summed E-state index contributed by atoms with van der Waals surface area (Å²) in [6, 6.07) is 11.5. The molecule has 0 aliphatic carbocycles. The van der Waals surface area contributed by atoms with Crippen LogP contribution in [0.2, 0.25) is 0 Å². The summed E-state index contributed by atoms with van der Waals surface area (Å²) in [6.45, 7) is 10.0. The van der Waals surface area contributed by atoms with E-state index in [9.17, 15) is 9.90 Å². The third-order valence-corrected chi connectivity index (χ3v) is 4.76. The van der Waals surface area contributed by atoms with Crippen LogP contribution in [0.5, 0.6) is 5.75 Å². The average Bonchev–Trinajstić information content (AvgIpc) is 3.03. The van der Waals surface area contributed by atoms with Gasteiger partial charge < -0.3 is 5.11 Å². The third-order valence-electron chi connectivity index (χ3n) is 4.76. The number of nitrogens with zero attached hydrogens (tertiary/aromatic N) is 3. The third kappa shape index (κ3) is 4.02. The molecular weight excluding hydrogens is 338 g/mol. The molecule has 0 saturated heterocycles. The quantitative estimate of drug-likeness (QED) is 0.718. The van der Waals surface area contributed by atoms with Crippen LogP contribution < -0.4 is 0 Å². The molecular formula is C22H27N3O2. The molecule has 0 aliphatic rings. The number of aromatic hydroxyl groups is 1. The number of ketones is 1. The lowest BCUT2D eigenvalue weighted by Crippen LogP contribution is -2.15. The van der Waals surface area contributed by atoms with Gasteiger partial charge in [0.2, 0.25) is 0 Å². The standard InChI is InChI=1S/C22H27N3O2/c1-14(2)20(26)11-10-15-12-16(22(3,4)5)21(27)19(13-15)25-23-17-8-6-7-9-18(17)24-25/h6-9,12-14,27H,10-11H2,1-5H3. The normalized spacial score (nSPS) is 12.1. The van der Waals surface area contributed by atoms with Gasteiger partial charge in [0.1, 0.15) is 28.3 Å². The van der Waals surface area contributed by atoms with Gasteiger partial charge in [-0.15, -0.1) is 15.0 Å². The van der Waals surface area contributed by atoms with Crippen LogP contribution in [0.4, 0.5) is 0 Å². The Kier molecular flexibility index (Phi) is 5.05. The van der Waals surface area contributed by atoms with Gasteiger partial charge in [-0.05, 0) is 35.6 Å². The number of aromatic nitrogens is 3. The maximum atomic E-state index is 12.1. The van der Waals surface area contributed by atoms with Gasteiger partial charge in [0, 0.05) is 17.9 Å². The van der Waals surface area contributed by atoms with Gasteiger partial charge >= 0.3 is 0 Å². The molecule has 27 heavy (non-hydrogen) atoms. The molecule has 0 radical (unpaired) electrons. The van der Waals surface area contributed by atoms with Crippen LogP contribution in [0, 0.1) is 5.92 Å². The molecule has 1 aromatic heterocycles. The highest BCUT2D eigenvalue weighted by Crippen LogP contribution is 2.36. The molecule has 0 spiro atoms.